The summed E-state index contributed by atoms with van der Waals surface area (Å²) in [6.07, 6.45) is 0. The zero-order chi connectivity index (χ0) is 14.7. The summed E-state index contributed by atoms with van der Waals surface area (Å²) < 4.78 is 13.0. The molecule has 0 spiro atoms. The highest BCUT2D eigenvalue weighted by Crippen LogP contribution is 2.33. The fourth-order valence-electron chi connectivity index (χ4n) is 1.85. The SMILES string of the molecule is Cc1nc(SC(CN)c2ccc(F)cc2)nc(C)c1C. The van der Waals surface area contributed by atoms with Crippen molar-refractivity contribution in [3.63, 3.8) is 0 Å². The number of thioether (sulfide) groups is 1. The van der Waals surface area contributed by atoms with Crippen molar-refractivity contribution < 1.29 is 4.39 Å². The number of nitrogens with two attached hydrogens (primary N) is 1. The molecule has 0 bridgehead atoms. The van der Waals surface area contributed by atoms with Gasteiger partial charge in [0.2, 0.25) is 0 Å². The van der Waals surface area contributed by atoms with E-state index in [4.69, 9.17) is 5.73 Å². The summed E-state index contributed by atoms with van der Waals surface area (Å²) in [5.74, 6) is -0.243. The summed E-state index contributed by atoms with van der Waals surface area (Å²) in [5.41, 5.74) is 9.89. The Kier molecular flexibility index (Phi) is 4.73. The van der Waals surface area contributed by atoms with Gasteiger partial charge in [0.25, 0.3) is 0 Å². The van der Waals surface area contributed by atoms with Crippen molar-refractivity contribution in [2.45, 2.75) is 31.2 Å². The van der Waals surface area contributed by atoms with Crippen LogP contribution in [0.15, 0.2) is 29.4 Å². The maximum Gasteiger partial charge on any atom is 0.188 e. The molecule has 106 valence electrons. The molecule has 0 amide bonds. The number of aryl methyl sites for hydroxylation is 2. The molecule has 1 heterocycles. The second kappa shape index (κ2) is 6.33. The lowest BCUT2D eigenvalue weighted by molar-refractivity contribution is 0.627. The molecule has 2 N–H and O–H groups in total. The van der Waals surface area contributed by atoms with E-state index >= 15 is 0 Å². The monoisotopic (exact) mass is 291 g/mol. The van der Waals surface area contributed by atoms with E-state index in [0.29, 0.717) is 11.7 Å². The van der Waals surface area contributed by atoms with Crippen molar-refractivity contribution >= 4 is 11.8 Å². The number of hydrogen-bond donors (Lipinski definition) is 1. The molecule has 0 fully saturated rings. The molecular formula is C15H18FN3S. The number of halogens is 1. The fraction of sp³-hybridized carbons (Fsp3) is 0.333. The van der Waals surface area contributed by atoms with Gasteiger partial charge in [0.1, 0.15) is 5.82 Å². The van der Waals surface area contributed by atoms with Crippen molar-refractivity contribution in [3.05, 3.63) is 52.6 Å². The van der Waals surface area contributed by atoms with Crippen LogP contribution < -0.4 is 5.73 Å². The van der Waals surface area contributed by atoms with Crippen molar-refractivity contribution in [1.29, 1.82) is 0 Å². The Hall–Kier alpha value is -1.46. The van der Waals surface area contributed by atoms with E-state index < -0.39 is 0 Å². The first-order valence-corrected chi connectivity index (χ1v) is 7.33. The number of hydrogen-bond acceptors (Lipinski definition) is 4. The molecule has 0 saturated carbocycles. The summed E-state index contributed by atoms with van der Waals surface area (Å²) in [5, 5.41) is 0.738. The van der Waals surface area contributed by atoms with Gasteiger partial charge >= 0.3 is 0 Å². The van der Waals surface area contributed by atoms with Gasteiger partial charge in [0.15, 0.2) is 5.16 Å². The predicted molar refractivity (Wildman–Crippen MR) is 80.3 cm³/mol. The third-order valence-corrected chi connectivity index (χ3v) is 4.46. The molecule has 2 aromatic rings. The Morgan fingerprint density at radius 1 is 1.10 bits per heavy atom. The average molecular weight is 291 g/mol. The van der Waals surface area contributed by atoms with Crippen LogP contribution in [0, 0.1) is 26.6 Å². The Labute approximate surface area is 122 Å². The first kappa shape index (κ1) is 14.9. The maximum atomic E-state index is 13.0. The van der Waals surface area contributed by atoms with Crippen LogP contribution in [0.5, 0.6) is 0 Å². The van der Waals surface area contributed by atoms with Crippen LogP contribution in [0.4, 0.5) is 4.39 Å². The van der Waals surface area contributed by atoms with Gasteiger partial charge in [-0.2, -0.15) is 0 Å². The fourth-order valence-corrected chi connectivity index (χ4v) is 2.87. The third kappa shape index (κ3) is 3.35. The first-order chi connectivity index (χ1) is 9.51. The molecule has 20 heavy (non-hydrogen) atoms. The molecular weight excluding hydrogens is 273 g/mol. The maximum absolute atomic E-state index is 13.0. The molecule has 0 aliphatic rings. The molecule has 0 aliphatic heterocycles. The van der Waals surface area contributed by atoms with E-state index in [1.807, 2.05) is 20.8 Å². The molecule has 0 aliphatic carbocycles. The Balaban J connectivity index is 2.24. The lowest BCUT2D eigenvalue weighted by Crippen LogP contribution is -2.10. The van der Waals surface area contributed by atoms with E-state index in [-0.39, 0.29) is 11.1 Å². The highest BCUT2D eigenvalue weighted by Gasteiger charge is 2.14. The number of benzene rings is 1. The minimum absolute atomic E-state index is 0.0251. The van der Waals surface area contributed by atoms with Gasteiger partial charge < -0.3 is 5.73 Å². The standard InChI is InChI=1S/C15H18FN3S/c1-9-10(2)18-15(19-11(9)3)20-14(8-17)12-4-6-13(16)7-5-12/h4-7,14H,8,17H2,1-3H3. The van der Waals surface area contributed by atoms with Gasteiger partial charge in [-0.1, -0.05) is 23.9 Å². The van der Waals surface area contributed by atoms with Crippen molar-refractivity contribution in [2.24, 2.45) is 5.73 Å². The molecule has 2 rings (SSSR count). The van der Waals surface area contributed by atoms with Crippen molar-refractivity contribution in [1.82, 2.24) is 9.97 Å². The molecule has 1 unspecified atom stereocenters. The summed E-state index contributed by atoms with van der Waals surface area (Å²) in [6, 6.07) is 6.41. The van der Waals surface area contributed by atoms with E-state index in [0.717, 1.165) is 22.5 Å². The molecule has 5 heteroatoms. The Bertz CT molecular complexity index is 576. The quantitative estimate of drug-likeness (QED) is 0.693. The lowest BCUT2D eigenvalue weighted by Gasteiger charge is -2.15. The van der Waals surface area contributed by atoms with Crippen molar-refractivity contribution in [2.75, 3.05) is 6.54 Å². The molecule has 0 saturated heterocycles. The van der Waals surface area contributed by atoms with Crippen molar-refractivity contribution in [3.8, 4) is 0 Å². The number of nitrogens with zero attached hydrogens (tertiary/aromatic N) is 2. The van der Waals surface area contributed by atoms with Crippen LogP contribution in [-0.2, 0) is 0 Å². The molecule has 1 aromatic heterocycles. The Morgan fingerprint density at radius 2 is 1.65 bits per heavy atom. The van der Waals surface area contributed by atoms with Crippen LogP contribution in [0.1, 0.15) is 27.8 Å². The van der Waals surface area contributed by atoms with Gasteiger partial charge in [-0.05, 0) is 44.0 Å². The second-order valence-electron chi connectivity index (χ2n) is 4.70. The van der Waals surface area contributed by atoms with E-state index in [1.165, 1.54) is 23.9 Å². The number of aromatic nitrogens is 2. The normalized spacial score (nSPS) is 12.4. The second-order valence-corrected chi connectivity index (χ2v) is 5.87. The molecule has 3 nitrogen and oxygen atoms in total. The summed E-state index contributed by atoms with van der Waals surface area (Å²) in [4.78, 5) is 8.97. The summed E-state index contributed by atoms with van der Waals surface area (Å²) in [6.45, 7) is 6.41. The van der Waals surface area contributed by atoms with Crippen LogP contribution >= 0.6 is 11.8 Å². The zero-order valence-electron chi connectivity index (χ0n) is 11.9. The minimum atomic E-state index is -0.243. The minimum Gasteiger partial charge on any atom is -0.329 e. The largest absolute Gasteiger partial charge is 0.329 e. The summed E-state index contributed by atoms with van der Waals surface area (Å²) >= 11 is 1.52. The summed E-state index contributed by atoms with van der Waals surface area (Å²) in [7, 11) is 0. The van der Waals surface area contributed by atoms with Crippen LogP contribution in [0.3, 0.4) is 0 Å². The van der Waals surface area contributed by atoms with Crippen LogP contribution in [-0.4, -0.2) is 16.5 Å². The number of rotatable bonds is 4. The van der Waals surface area contributed by atoms with Gasteiger partial charge in [-0.25, -0.2) is 14.4 Å². The highest BCUT2D eigenvalue weighted by atomic mass is 32.2. The smallest absolute Gasteiger partial charge is 0.188 e. The van der Waals surface area contributed by atoms with E-state index in [1.54, 1.807) is 12.1 Å². The van der Waals surface area contributed by atoms with Gasteiger partial charge in [-0.3, -0.25) is 0 Å². The first-order valence-electron chi connectivity index (χ1n) is 6.45. The van der Waals surface area contributed by atoms with Gasteiger partial charge in [0, 0.05) is 23.2 Å². The zero-order valence-corrected chi connectivity index (χ0v) is 12.7. The molecule has 0 radical (unpaired) electrons. The van der Waals surface area contributed by atoms with Crippen LogP contribution in [0.25, 0.3) is 0 Å². The van der Waals surface area contributed by atoms with Crippen LogP contribution in [0.2, 0.25) is 0 Å². The molecule has 1 atom stereocenters. The topological polar surface area (TPSA) is 51.8 Å². The lowest BCUT2D eigenvalue weighted by atomic mass is 10.1. The van der Waals surface area contributed by atoms with E-state index in [9.17, 15) is 4.39 Å². The highest BCUT2D eigenvalue weighted by molar-refractivity contribution is 7.99. The van der Waals surface area contributed by atoms with Gasteiger partial charge in [0.05, 0.1) is 0 Å². The predicted octanol–water partition coefficient (Wildman–Crippen LogP) is 3.33. The molecule has 1 aromatic carbocycles. The van der Waals surface area contributed by atoms with Gasteiger partial charge in [-0.15, -0.1) is 0 Å². The average Bonchev–Trinajstić information content (AvgIpc) is 2.43. The third-order valence-electron chi connectivity index (χ3n) is 3.32. The van der Waals surface area contributed by atoms with E-state index in [2.05, 4.69) is 9.97 Å². The Morgan fingerprint density at radius 3 is 2.15 bits per heavy atom.